The molecule has 1 N–H and O–H groups in total. The minimum absolute atomic E-state index is 0.186. The number of esters is 1. The first-order valence-electron chi connectivity index (χ1n) is 6.59. The summed E-state index contributed by atoms with van der Waals surface area (Å²) >= 11 is 1.76. The highest BCUT2D eigenvalue weighted by Gasteiger charge is 2.29. The molecule has 100 valence electrons. The maximum absolute atomic E-state index is 11.6. The Balaban J connectivity index is 2.07. The molecule has 1 heterocycles. The first-order valence-corrected chi connectivity index (χ1v) is 7.47. The average Bonchev–Trinajstić information content (AvgIpc) is 3.06. The Kier molecular flexibility index (Phi) is 4.78. The van der Waals surface area contributed by atoms with Crippen LogP contribution in [-0.2, 0) is 9.53 Å². The van der Waals surface area contributed by atoms with Gasteiger partial charge in [0.25, 0.3) is 0 Å². The van der Waals surface area contributed by atoms with E-state index in [4.69, 9.17) is 4.74 Å². The number of thiophene rings is 1. The predicted molar refractivity (Wildman–Crippen MR) is 73.6 cm³/mol. The molecule has 4 heteroatoms. The zero-order valence-corrected chi connectivity index (χ0v) is 11.8. The van der Waals surface area contributed by atoms with Crippen molar-refractivity contribution in [1.82, 2.24) is 5.32 Å². The van der Waals surface area contributed by atoms with E-state index >= 15 is 0 Å². The number of ether oxygens (including phenoxy) is 1. The van der Waals surface area contributed by atoms with Gasteiger partial charge in [-0.05, 0) is 37.1 Å². The van der Waals surface area contributed by atoms with Crippen molar-refractivity contribution in [3.8, 4) is 0 Å². The Labute approximate surface area is 113 Å². The second-order valence-corrected chi connectivity index (χ2v) is 5.93. The molecule has 1 aromatic rings. The number of rotatable bonds is 5. The second-order valence-electron chi connectivity index (χ2n) is 4.95. The van der Waals surface area contributed by atoms with Crippen molar-refractivity contribution >= 4 is 17.3 Å². The summed E-state index contributed by atoms with van der Waals surface area (Å²) in [4.78, 5) is 12.9. The van der Waals surface area contributed by atoms with Crippen LogP contribution in [-0.4, -0.2) is 19.1 Å². The van der Waals surface area contributed by atoms with Crippen LogP contribution in [0.3, 0.4) is 0 Å². The van der Waals surface area contributed by atoms with E-state index in [0.717, 1.165) is 0 Å². The molecule has 2 atom stereocenters. The smallest absolute Gasteiger partial charge is 0.322 e. The Morgan fingerprint density at radius 1 is 1.50 bits per heavy atom. The number of methoxy groups -OCH3 is 1. The molecule has 1 aliphatic rings. The van der Waals surface area contributed by atoms with Crippen LogP contribution >= 0.6 is 11.3 Å². The molecule has 1 aliphatic carbocycles. The van der Waals surface area contributed by atoms with Gasteiger partial charge in [0, 0.05) is 10.9 Å². The third-order valence-electron chi connectivity index (χ3n) is 3.71. The maximum atomic E-state index is 11.6. The number of carbonyl (C=O) groups is 1. The van der Waals surface area contributed by atoms with Crippen molar-refractivity contribution in [2.45, 2.75) is 44.7 Å². The molecule has 1 aromatic heterocycles. The molecule has 0 amide bonds. The van der Waals surface area contributed by atoms with Gasteiger partial charge in [0.15, 0.2) is 0 Å². The lowest BCUT2D eigenvalue weighted by atomic mass is 9.96. The SMILES string of the molecule is COC(=O)C(C)NC(c1cccs1)C1CCCC1. The molecule has 0 saturated heterocycles. The molecule has 0 aliphatic heterocycles. The highest BCUT2D eigenvalue weighted by atomic mass is 32.1. The average molecular weight is 267 g/mol. The van der Waals surface area contributed by atoms with E-state index in [0.29, 0.717) is 12.0 Å². The van der Waals surface area contributed by atoms with E-state index in [1.807, 2.05) is 6.92 Å². The number of carbonyl (C=O) groups excluding carboxylic acids is 1. The second kappa shape index (κ2) is 6.34. The Hall–Kier alpha value is -0.870. The quantitative estimate of drug-likeness (QED) is 0.833. The van der Waals surface area contributed by atoms with Crippen LogP contribution in [0.2, 0.25) is 0 Å². The van der Waals surface area contributed by atoms with E-state index in [1.165, 1.54) is 37.7 Å². The molecule has 0 aromatic carbocycles. The topological polar surface area (TPSA) is 38.3 Å². The van der Waals surface area contributed by atoms with Crippen molar-refractivity contribution in [2.24, 2.45) is 5.92 Å². The third-order valence-corrected chi connectivity index (χ3v) is 4.66. The monoisotopic (exact) mass is 267 g/mol. The fourth-order valence-electron chi connectivity index (χ4n) is 2.72. The minimum atomic E-state index is -0.248. The first-order chi connectivity index (χ1) is 8.72. The lowest BCUT2D eigenvalue weighted by molar-refractivity contribution is -0.143. The number of hydrogen-bond acceptors (Lipinski definition) is 4. The van der Waals surface area contributed by atoms with Crippen LogP contribution in [0.1, 0.15) is 43.5 Å². The molecule has 1 fully saturated rings. The summed E-state index contributed by atoms with van der Waals surface area (Å²) in [6.45, 7) is 1.88. The summed E-state index contributed by atoms with van der Waals surface area (Å²) in [7, 11) is 1.44. The van der Waals surface area contributed by atoms with Gasteiger partial charge in [-0.2, -0.15) is 0 Å². The van der Waals surface area contributed by atoms with E-state index in [1.54, 1.807) is 11.3 Å². The molecule has 2 unspecified atom stereocenters. The van der Waals surface area contributed by atoms with E-state index in [-0.39, 0.29) is 12.0 Å². The molecule has 1 saturated carbocycles. The van der Waals surface area contributed by atoms with Crippen LogP contribution in [0.4, 0.5) is 0 Å². The zero-order valence-electron chi connectivity index (χ0n) is 11.0. The van der Waals surface area contributed by atoms with Crippen LogP contribution in [0.25, 0.3) is 0 Å². The minimum Gasteiger partial charge on any atom is -0.468 e. The van der Waals surface area contributed by atoms with Gasteiger partial charge in [0.2, 0.25) is 0 Å². The van der Waals surface area contributed by atoms with E-state index in [2.05, 4.69) is 22.8 Å². The summed E-state index contributed by atoms with van der Waals surface area (Å²) in [6.07, 6.45) is 5.12. The van der Waals surface area contributed by atoms with Crippen LogP contribution in [0.5, 0.6) is 0 Å². The molecule has 0 spiro atoms. The normalized spacial score (nSPS) is 19.7. The van der Waals surface area contributed by atoms with Crippen molar-refractivity contribution in [1.29, 1.82) is 0 Å². The van der Waals surface area contributed by atoms with Crippen molar-refractivity contribution in [3.63, 3.8) is 0 Å². The third kappa shape index (κ3) is 3.12. The van der Waals surface area contributed by atoms with Crippen molar-refractivity contribution < 1.29 is 9.53 Å². The molecule has 3 nitrogen and oxygen atoms in total. The molecule has 0 radical (unpaired) electrons. The summed E-state index contributed by atoms with van der Waals surface area (Å²) in [6, 6.07) is 4.28. The van der Waals surface area contributed by atoms with Crippen molar-refractivity contribution in [2.75, 3.05) is 7.11 Å². The molecule has 18 heavy (non-hydrogen) atoms. The fourth-order valence-corrected chi connectivity index (χ4v) is 3.60. The van der Waals surface area contributed by atoms with Crippen molar-refractivity contribution in [3.05, 3.63) is 22.4 Å². The van der Waals surface area contributed by atoms with E-state index in [9.17, 15) is 4.79 Å². The summed E-state index contributed by atoms with van der Waals surface area (Å²) < 4.78 is 4.79. The number of nitrogens with one attached hydrogen (secondary N) is 1. The van der Waals surface area contributed by atoms with Gasteiger partial charge in [0.1, 0.15) is 6.04 Å². The highest BCUT2D eigenvalue weighted by molar-refractivity contribution is 7.10. The summed E-state index contributed by atoms with van der Waals surface area (Å²) in [5.74, 6) is 0.463. The lowest BCUT2D eigenvalue weighted by Crippen LogP contribution is -2.39. The first kappa shape index (κ1) is 13.6. The summed E-state index contributed by atoms with van der Waals surface area (Å²) in [5, 5.41) is 5.55. The van der Waals surface area contributed by atoms with Gasteiger partial charge in [-0.15, -0.1) is 11.3 Å². The van der Waals surface area contributed by atoms with Gasteiger partial charge in [0.05, 0.1) is 7.11 Å². The highest BCUT2D eigenvalue weighted by Crippen LogP contribution is 2.37. The van der Waals surface area contributed by atoms with Gasteiger partial charge in [-0.25, -0.2) is 0 Å². The fraction of sp³-hybridized carbons (Fsp3) is 0.643. The van der Waals surface area contributed by atoms with Crippen LogP contribution in [0.15, 0.2) is 17.5 Å². The van der Waals surface area contributed by atoms with Gasteiger partial charge in [-0.3, -0.25) is 10.1 Å². The van der Waals surface area contributed by atoms with Gasteiger partial charge < -0.3 is 4.74 Å². The molecular formula is C14H21NO2S. The Morgan fingerprint density at radius 3 is 2.78 bits per heavy atom. The largest absolute Gasteiger partial charge is 0.468 e. The van der Waals surface area contributed by atoms with E-state index < -0.39 is 0 Å². The Bertz CT molecular complexity index is 371. The molecular weight excluding hydrogens is 246 g/mol. The standard InChI is InChI=1S/C14H21NO2S/c1-10(14(16)17-2)15-13(11-6-3-4-7-11)12-8-5-9-18-12/h5,8-11,13,15H,3-4,6-7H2,1-2H3. The molecule has 0 bridgehead atoms. The predicted octanol–water partition coefficient (Wildman–Crippen LogP) is 3.13. The zero-order chi connectivity index (χ0) is 13.0. The number of hydrogen-bond donors (Lipinski definition) is 1. The molecule has 2 rings (SSSR count). The van der Waals surface area contributed by atoms with Crippen LogP contribution in [0, 0.1) is 5.92 Å². The Morgan fingerprint density at radius 2 is 2.22 bits per heavy atom. The van der Waals surface area contributed by atoms with Gasteiger partial charge in [-0.1, -0.05) is 18.9 Å². The summed E-state index contributed by atoms with van der Waals surface area (Å²) in [5.41, 5.74) is 0. The van der Waals surface area contributed by atoms with Gasteiger partial charge >= 0.3 is 5.97 Å². The lowest BCUT2D eigenvalue weighted by Gasteiger charge is -2.26. The maximum Gasteiger partial charge on any atom is 0.322 e. The van der Waals surface area contributed by atoms with Crippen LogP contribution < -0.4 is 5.32 Å².